The van der Waals surface area contributed by atoms with Gasteiger partial charge in [-0.2, -0.15) is 0 Å². The molecule has 5 atom stereocenters. The molecule has 330 valence electrons. The van der Waals surface area contributed by atoms with Crippen LogP contribution in [0.25, 0.3) is 0 Å². The number of hydrogen-bond acceptors (Lipinski definition) is 10. The highest BCUT2D eigenvalue weighted by molar-refractivity contribution is 5.83. The number of nitrogens with two attached hydrogens (primary N) is 1. The van der Waals surface area contributed by atoms with Gasteiger partial charge in [0, 0.05) is 88.8 Å². The minimum Gasteiger partial charge on any atom is -0.461 e. The molecule has 2 heterocycles. The lowest BCUT2D eigenvalue weighted by Crippen LogP contribution is -2.62. The molecule has 1 aromatic heterocycles. The second kappa shape index (κ2) is 23.2. The van der Waals surface area contributed by atoms with Gasteiger partial charge in [0.05, 0.1) is 12.1 Å². The highest BCUT2D eigenvalue weighted by Gasteiger charge is 2.38. The fourth-order valence-electron chi connectivity index (χ4n) is 8.19. The molecule has 4 amide bonds. The number of aromatic nitrogens is 1. The van der Waals surface area contributed by atoms with Crippen molar-refractivity contribution in [1.82, 2.24) is 30.7 Å². The Morgan fingerprint density at radius 3 is 2.39 bits per heavy atom. The Balaban J connectivity index is 1.32. The molecule has 14 nitrogen and oxygen atoms in total. The Hall–Kier alpha value is -5.18. The summed E-state index contributed by atoms with van der Waals surface area (Å²) in [5.74, 6) is -1.97. The number of ether oxygens (including phenoxy) is 1. The molecule has 0 spiro atoms. The van der Waals surface area contributed by atoms with Gasteiger partial charge in [-0.3, -0.25) is 38.8 Å². The number of carbonyl (C=O) groups is 5. The van der Waals surface area contributed by atoms with Gasteiger partial charge in [-0.05, 0) is 81.2 Å². The monoisotopic (exact) mass is 839 g/mol. The van der Waals surface area contributed by atoms with Crippen LogP contribution in [-0.4, -0.2) is 106 Å². The molecule has 6 N–H and O–H groups in total. The summed E-state index contributed by atoms with van der Waals surface area (Å²) in [7, 11) is 0. The summed E-state index contributed by atoms with van der Waals surface area (Å²) in [5.41, 5.74) is 8.57. The Morgan fingerprint density at radius 2 is 1.66 bits per heavy atom. The van der Waals surface area contributed by atoms with Gasteiger partial charge >= 0.3 is 5.97 Å². The number of nitrogens with one attached hydrogen (secondary N) is 3. The van der Waals surface area contributed by atoms with Crippen molar-refractivity contribution in [1.29, 1.82) is 0 Å². The minimum absolute atomic E-state index is 0.124. The predicted molar refractivity (Wildman–Crippen MR) is 232 cm³/mol. The molecule has 1 aliphatic heterocycles. The number of aliphatic hydroxyl groups excluding tert-OH is 1. The number of pyridine rings is 1. The van der Waals surface area contributed by atoms with E-state index in [-0.39, 0.29) is 49.9 Å². The second-order valence-electron chi connectivity index (χ2n) is 17.5. The maximum Gasteiger partial charge on any atom is 0.306 e. The van der Waals surface area contributed by atoms with E-state index in [1.807, 2.05) is 93.7 Å². The third-order valence-corrected chi connectivity index (χ3v) is 11.2. The van der Waals surface area contributed by atoms with Crippen molar-refractivity contribution in [2.45, 2.75) is 121 Å². The normalized spacial score (nSPS) is 19.0. The number of benzene rings is 2. The second-order valence-corrected chi connectivity index (χ2v) is 17.5. The molecule has 61 heavy (non-hydrogen) atoms. The van der Waals surface area contributed by atoms with Crippen LogP contribution < -0.4 is 21.7 Å². The van der Waals surface area contributed by atoms with E-state index in [1.54, 1.807) is 6.20 Å². The van der Waals surface area contributed by atoms with Gasteiger partial charge in [0.15, 0.2) is 0 Å². The maximum atomic E-state index is 14.4. The van der Waals surface area contributed by atoms with E-state index < -0.39 is 47.6 Å². The van der Waals surface area contributed by atoms with Gasteiger partial charge < -0.3 is 31.5 Å². The number of nitrogens with zero attached hydrogens (tertiary/aromatic N) is 3. The van der Waals surface area contributed by atoms with Crippen molar-refractivity contribution in [3.63, 3.8) is 0 Å². The molecule has 1 saturated heterocycles. The number of esters is 1. The molecule has 2 aliphatic rings. The average Bonchev–Trinajstić information content (AvgIpc) is 3.53. The molecule has 2 aromatic carbocycles. The molecule has 1 fully saturated rings. The van der Waals surface area contributed by atoms with Crippen molar-refractivity contribution in [2.75, 3.05) is 32.7 Å². The zero-order valence-corrected chi connectivity index (χ0v) is 36.0. The van der Waals surface area contributed by atoms with E-state index in [4.69, 9.17) is 10.5 Å². The quantitative estimate of drug-likeness (QED) is 0.0735. The van der Waals surface area contributed by atoms with E-state index in [2.05, 4.69) is 30.7 Å². The summed E-state index contributed by atoms with van der Waals surface area (Å²) in [4.78, 5) is 73.8. The Kier molecular flexibility index (Phi) is 17.8. The van der Waals surface area contributed by atoms with Gasteiger partial charge in [-0.15, -0.1) is 0 Å². The number of piperazine rings is 1. The molecule has 0 bridgehead atoms. The largest absolute Gasteiger partial charge is 0.461 e. The number of aliphatic hydroxyl groups is 1. The summed E-state index contributed by atoms with van der Waals surface area (Å²) in [6.45, 7) is 8.82. The maximum absolute atomic E-state index is 14.4. The lowest BCUT2D eigenvalue weighted by atomic mass is 9.91. The van der Waals surface area contributed by atoms with Crippen molar-refractivity contribution >= 4 is 29.6 Å². The first-order valence-corrected chi connectivity index (χ1v) is 21.8. The number of primary amides is 1. The fourth-order valence-corrected chi connectivity index (χ4v) is 8.19. The Labute approximate surface area is 360 Å². The van der Waals surface area contributed by atoms with Crippen molar-refractivity contribution < 1.29 is 33.8 Å². The summed E-state index contributed by atoms with van der Waals surface area (Å²) >= 11 is 0. The minimum atomic E-state index is -0.771. The van der Waals surface area contributed by atoms with E-state index >= 15 is 0 Å². The molecule has 0 saturated carbocycles. The molecule has 5 rings (SSSR count). The summed E-state index contributed by atoms with van der Waals surface area (Å²) in [6.07, 6.45) is 5.92. The standard InChI is InChI=1S/C47H65N7O7/c1-47(2,3)52-46(60)39-32-53(30-34-16-13-22-49-29-34)24-25-54(39)31-37(61-43(58)21-8-5-11-23-50-42(57)20-12-19-41(48)56)27-36(26-33-14-6-4-7-15-33)45(59)51-44-38-18-10-9-17-35(38)28-40(44)55/h4,6-7,9-10,13-18,22,29,36-37,39-40,44,55H,5,8,11-12,19-21,23-28,30-32H2,1-3H3,(H2,48,56)(H,50,57)(H,51,59)(H,52,60)/t36-,37+,39+,40-,44+/m1/s1. The van der Waals surface area contributed by atoms with E-state index in [0.717, 1.165) is 22.3 Å². The molecule has 3 aromatic rings. The Morgan fingerprint density at radius 1 is 0.902 bits per heavy atom. The van der Waals surface area contributed by atoms with Crippen molar-refractivity contribution in [3.8, 4) is 0 Å². The summed E-state index contributed by atoms with van der Waals surface area (Å²) in [5, 5.41) is 20.2. The molecule has 0 unspecified atom stereocenters. The van der Waals surface area contributed by atoms with E-state index in [9.17, 15) is 29.1 Å². The van der Waals surface area contributed by atoms with Gasteiger partial charge in [-0.1, -0.05) is 67.1 Å². The molecule has 14 heteroatoms. The van der Waals surface area contributed by atoms with E-state index in [1.165, 1.54) is 0 Å². The summed E-state index contributed by atoms with van der Waals surface area (Å²) < 4.78 is 6.31. The van der Waals surface area contributed by atoms with Crippen LogP contribution in [0.4, 0.5) is 0 Å². The van der Waals surface area contributed by atoms with Crippen LogP contribution >= 0.6 is 0 Å². The SMILES string of the molecule is CC(C)(C)NC(=O)[C@@H]1CN(Cc2cccnc2)CCN1C[C@H](C[C@@H](Cc1ccccc1)C(=O)N[C@H]1c2ccccc2C[C@H]1O)OC(=O)CCCCCNC(=O)CCCC(N)=O. The van der Waals surface area contributed by atoms with Crippen LogP contribution in [0.2, 0.25) is 0 Å². The van der Waals surface area contributed by atoms with Crippen LogP contribution in [-0.2, 0) is 48.1 Å². The third kappa shape index (κ3) is 15.7. The number of fused-ring (bicyclic) bond motifs is 1. The molecular weight excluding hydrogens is 775 g/mol. The predicted octanol–water partition coefficient (Wildman–Crippen LogP) is 3.75. The zero-order valence-electron chi connectivity index (χ0n) is 36.0. The first-order valence-electron chi connectivity index (χ1n) is 21.8. The van der Waals surface area contributed by atoms with E-state index in [0.29, 0.717) is 71.2 Å². The average molecular weight is 840 g/mol. The number of hydrogen-bond donors (Lipinski definition) is 5. The van der Waals surface area contributed by atoms with Gasteiger partial charge in [0.1, 0.15) is 12.1 Å². The smallest absolute Gasteiger partial charge is 0.306 e. The lowest BCUT2D eigenvalue weighted by molar-refractivity contribution is -0.153. The van der Waals surface area contributed by atoms with Crippen LogP contribution in [0, 0.1) is 5.92 Å². The first kappa shape index (κ1) is 46.9. The first-order chi connectivity index (χ1) is 29.2. The van der Waals surface area contributed by atoms with Gasteiger partial charge in [0.2, 0.25) is 23.6 Å². The number of amides is 4. The van der Waals surface area contributed by atoms with Gasteiger partial charge in [-0.25, -0.2) is 0 Å². The molecule has 1 aliphatic carbocycles. The number of unbranched alkanes of at least 4 members (excludes halogenated alkanes) is 2. The van der Waals surface area contributed by atoms with Crippen LogP contribution in [0.5, 0.6) is 0 Å². The van der Waals surface area contributed by atoms with Gasteiger partial charge in [0.25, 0.3) is 0 Å². The van der Waals surface area contributed by atoms with Crippen LogP contribution in [0.1, 0.15) is 100 Å². The molecule has 0 radical (unpaired) electrons. The zero-order chi connectivity index (χ0) is 43.8. The fraction of sp³-hybridized carbons (Fsp3) is 0.532. The molecular formula is C47H65N7O7. The van der Waals surface area contributed by atoms with Crippen molar-refractivity contribution in [3.05, 3.63) is 101 Å². The van der Waals surface area contributed by atoms with Crippen LogP contribution in [0.15, 0.2) is 79.1 Å². The van der Waals surface area contributed by atoms with Crippen molar-refractivity contribution in [2.24, 2.45) is 11.7 Å². The number of rotatable bonds is 22. The Bertz CT molecular complexity index is 1890. The lowest BCUT2D eigenvalue weighted by Gasteiger charge is -2.42. The number of carbonyl (C=O) groups excluding carboxylic acids is 5. The third-order valence-electron chi connectivity index (χ3n) is 11.2. The topological polar surface area (TPSA) is 196 Å². The van der Waals surface area contributed by atoms with Crippen LogP contribution in [0.3, 0.4) is 0 Å². The summed E-state index contributed by atoms with van der Waals surface area (Å²) in [6, 6.07) is 20.3. The highest BCUT2D eigenvalue weighted by atomic mass is 16.5. The highest BCUT2D eigenvalue weighted by Crippen LogP contribution is 2.32.